The number of aromatic nitrogens is 2. The van der Waals surface area contributed by atoms with Crippen molar-refractivity contribution in [1.82, 2.24) is 20.0 Å². The van der Waals surface area contributed by atoms with Gasteiger partial charge < -0.3 is 15.3 Å². The Labute approximate surface area is 152 Å². The molecule has 1 aliphatic rings. The fraction of sp³-hybridized carbons (Fsp3) is 0.444. The van der Waals surface area contributed by atoms with Crippen LogP contribution in [-0.2, 0) is 11.3 Å². The van der Waals surface area contributed by atoms with E-state index in [1.54, 1.807) is 22.8 Å². The highest BCUT2D eigenvalue weighted by molar-refractivity contribution is 6.30. The van der Waals surface area contributed by atoms with Gasteiger partial charge in [0.1, 0.15) is 0 Å². The normalized spacial score (nSPS) is 20.4. The summed E-state index contributed by atoms with van der Waals surface area (Å²) in [6.45, 7) is 1.82. The Balaban J connectivity index is 1.61. The standard InChI is InChI=1S/C18H23ClN4O2/c1-22(17(24)9-18(25)6-3-7-20-13-18)11-14-10-21-23(12-14)16-5-2-4-15(19)8-16/h2,4-5,8,10,12,20,25H,3,6-7,9,11,13H2,1H3. The lowest BCUT2D eigenvalue weighted by atomic mass is 9.90. The van der Waals surface area contributed by atoms with Crippen molar-refractivity contribution in [3.8, 4) is 5.69 Å². The lowest BCUT2D eigenvalue weighted by Gasteiger charge is -2.33. The monoisotopic (exact) mass is 362 g/mol. The molecule has 1 amide bonds. The quantitative estimate of drug-likeness (QED) is 0.853. The number of β-amino-alcohol motifs (C(OH)–C–C–N with tert-alkyl or cyclic N) is 1. The Morgan fingerprint density at radius 3 is 3.08 bits per heavy atom. The minimum absolute atomic E-state index is 0.0679. The molecule has 7 heteroatoms. The third kappa shape index (κ3) is 4.60. The van der Waals surface area contributed by atoms with Crippen molar-refractivity contribution < 1.29 is 9.90 Å². The summed E-state index contributed by atoms with van der Waals surface area (Å²) in [6.07, 6.45) is 5.30. The average molecular weight is 363 g/mol. The van der Waals surface area contributed by atoms with Gasteiger partial charge in [-0.05, 0) is 37.6 Å². The van der Waals surface area contributed by atoms with E-state index >= 15 is 0 Å². The van der Waals surface area contributed by atoms with Crippen molar-refractivity contribution in [2.75, 3.05) is 20.1 Å². The third-order valence-corrected chi connectivity index (χ3v) is 4.72. The maximum atomic E-state index is 12.4. The molecule has 6 nitrogen and oxygen atoms in total. The Bertz CT molecular complexity index is 740. The van der Waals surface area contributed by atoms with E-state index in [2.05, 4.69) is 10.4 Å². The molecule has 1 unspecified atom stereocenters. The molecule has 0 bridgehead atoms. The number of piperidine rings is 1. The molecule has 2 heterocycles. The molecule has 1 aromatic carbocycles. The number of hydrogen-bond acceptors (Lipinski definition) is 4. The minimum Gasteiger partial charge on any atom is -0.388 e. The van der Waals surface area contributed by atoms with Crippen LogP contribution < -0.4 is 5.32 Å². The number of carbonyl (C=O) groups excluding carboxylic acids is 1. The van der Waals surface area contributed by atoms with Gasteiger partial charge in [-0.1, -0.05) is 17.7 Å². The van der Waals surface area contributed by atoms with Gasteiger partial charge in [0.05, 0.1) is 23.9 Å². The predicted molar refractivity (Wildman–Crippen MR) is 96.7 cm³/mol. The zero-order valence-corrected chi connectivity index (χ0v) is 15.0. The van der Waals surface area contributed by atoms with Gasteiger partial charge in [-0.15, -0.1) is 0 Å². The van der Waals surface area contributed by atoms with Crippen LogP contribution in [0.2, 0.25) is 5.02 Å². The van der Waals surface area contributed by atoms with Gasteiger partial charge in [-0.25, -0.2) is 4.68 Å². The van der Waals surface area contributed by atoms with Crippen molar-refractivity contribution in [3.05, 3.63) is 47.2 Å². The first kappa shape index (κ1) is 17.9. The van der Waals surface area contributed by atoms with Crippen LogP contribution in [0.4, 0.5) is 0 Å². The molecule has 1 aliphatic heterocycles. The molecular weight excluding hydrogens is 340 g/mol. The van der Waals surface area contributed by atoms with Crippen molar-refractivity contribution in [3.63, 3.8) is 0 Å². The molecule has 1 saturated heterocycles. The van der Waals surface area contributed by atoms with Gasteiger partial charge in [0.15, 0.2) is 0 Å². The molecule has 134 valence electrons. The van der Waals surface area contributed by atoms with E-state index in [9.17, 15) is 9.90 Å². The molecule has 0 radical (unpaired) electrons. The van der Waals surface area contributed by atoms with Crippen LogP contribution in [0.1, 0.15) is 24.8 Å². The largest absolute Gasteiger partial charge is 0.388 e. The van der Waals surface area contributed by atoms with Crippen molar-refractivity contribution in [1.29, 1.82) is 0 Å². The molecule has 0 spiro atoms. The zero-order chi connectivity index (χ0) is 17.9. The number of hydrogen-bond donors (Lipinski definition) is 2. The molecule has 0 aliphatic carbocycles. The van der Waals surface area contributed by atoms with Crippen LogP contribution in [0.3, 0.4) is 0 Å². The van der Waals surface area contributed by atoms with Crippen LogP contribution in [0, 0.1) is 0 Å². The lowest BCUT2D eigenvalue weighted by molar-refractivity contribution is -0.136. The summed E-state index contributed by atoms with van der Waals surface area (Å²) in [5, 5.41) is 18.6. The first-order valence-electron chi connectivity index (χ1n) is 8.42. The SMILES string of the molecule is CN(Cc1cnn(-c2cccc(Cl)c2)c1)C(=O)CC1(O)CCCNC1. The summed E-state index contributed by atoms with van der Waals surface area (Å²) < 4.78 is 1.73. The van der Waals surface area contributed by atoms with E-state index < -0.39 is 5.60 Å². The van der Waals surface area contributed by atoms with E-state index in [1.807, 2.05) is 30.5 Å². The highest BCUT2D eigenvalue weighted by Gasteiger charge is 2.32. The van der Waals surface area contributed by atoms with Crippen LogP contribution in [0.15, 0.2) is 36.7 Å². The van der Waals surface area contributed by atoms with E-state index in [4.69, 9.17) is 11.6 Å². The highest BCUT2D eigenvalue weighted by Crippen LogP contribution is 2.21. The average Bonchev–Trinajstić information content (AvgIpc) is 3.03. The molecule has 2 N–H and O–H groups in total. The van der Waals surface area contributed by atoms with Gasteiger partial charge >= 0.3 is 0 Å². The molecule has 0 saturated carbocycles. The van der Waals surface area contributed by atoms with Crippen molar-refractivity contribution in [2.24, 2.45) is 0 Å². The van der Waals surface area contributed by atoms with Crippen LogP contribution in [0.25, 0.3) is 5.69 Å². The number of nitrogens with one attached hydrogen (secondary N) is 1. The zero-order valence-electron chi connectivity index (χ0n) is 14.3. The first-order valence-corrected chi connectivity index (χ1v) is 8.80. The van der Waals surface area contributed by atoms with Crippen LogP contribution in [0.5, 0.6) is 0 Å². The molecule has 25 heavy (non-hydrogen) atoms. The molecule has 2 aromatic rings. The predicted octanol–water partition coefficient (Wildman–Crippen LogP) is 1.99. The highest BCUT2D eigenvalue weighted by atomic mass is 35.5. The lowest BCUT2D eigenvalue weighted by Crippen LogP contribution is -2.48. The Morgan fingerprint density at radius 1 is 1.52 bits per heavy atom. The summed E-state index contributed by atoms with van der Waals surface area (Å²) in [5.74, 6) is -0.0679. The Morgan fingerprint density at radius 2 is 2.36 bits per heavy atom. The van der Waals surface area contributed by atoms with Gasteiger partial charge in [-0.3, -0.25) is 4.79 Å². The molecule has 1 fully saturated rings. The summed E-state index contributed by atoms with van der Waals surface area (Å²) in [6, 6.07) is 7.43. The number of amides is 1. The maximum Gasteiger partial charge on any atom is 0.225 e. The second kappa shape index (κ2) is 7.56. The van der Waals surface area contributed by atoms with Gasteiger partial charge in [0.25, 0.3) is 0 Å². The number of halogens is 1. The summed E-state index contributed by atoms with van der Waals surface area (Å²) in [5.41, 5.74) is 0.856. The molecule has 1 atom stereocenters. The van der Waals surface area contributed by atoms with Gasteiger partial charge in [-0.2, -0.15) is 5.10 Å². The van der Waals surface area contributed by atoms with Crippen molar-refractivity contribution in [2.45, 2.75) is 31.4 Å². The molecular formula is C18H23ClN4O2. The van der Waals surface area contributed by atoms with E-state index in [0.29, 0.717) is 24.5 Å². The summed E-state index contributed by atoms with van der Waals surface area (Å²) in [4.78, 5) is 14.1. The number of benzene rings is 1. The first-order chi connectivity index (χ1) is 12.0. The number of rotatable bonds is 5. The van der Waals surface area contributed by atoms with Crippen LogP contribution >= 0.6 is 11.6 Å². The number of carbonyl (C=O) groups is 1. The molecule has 1 aromatic heterocycles. The smallest absolute Gasteiger partial charge is 0.225 e. The van der Waals surface area contributed by atoms with Gasteiger partial charge in [0, 0.05) is 36.9 Å². The van der Waals surface area contributed by atoms with E-state index in [-0.39, 0.29) is 12.3 Å². The Kier molecular flexibility index (Phi) is 5.42. The summed E-state index contributed by atoms with van der Waals surface area (Å²) in [7, 11) is 1.75. The second-order valence-electron chi connectivity index (χ2n) is 6.70. The van der Waals surface area contributed by atoms with Crippen molar-refractivity contribution >= 4 is 17.5 Å². The number of nitrogens with zero attached hydrogens (tertiary/aromatic N) is 3. The number of aliphatic hydroxyl groups is 1. The van der Waals surface area contributed by atoms with Crippen LogP contribution in [-0.4, -0.2) is 51.4 Å². The Hall–Kier alpha value is -1.89. The van der Waals surface area contributed by atoms with Gasteiger partial charge in [0.2, 0.25) is 5.91 Å². The third-order valence-electron chi connectivity index (χ3n) is 4.48. The maximum absolute atomic E-state index is 12.4. The fourth-order valence-electron chi connectivity index (χ4n) is 3.08. The summed E-state index contributed by atoms with van der Waals surface area (Å²) >= 11 is 6.01. The van der Waals surface area contributed by atoms with E-state index in [1.165, 1.54) is 0 Å². The molecule has 3 rings (SSSR count). The minimum atomic E-state index is -0.936. The second-order valence-corrected chi connectivity index (χ2v) is 7.14. The topological polar surface area (TPSA) is 70.4 Å². The fourth-order valence-corrected chi connectivity index (χ4v) is 3.27. The van der Waals surface area contributed by atoms with E-state index in [0.717, 1.165) is 24.2 Å².